The van der Waals surface area contributed by atoms with Gasteiger partial charge in [0.05, 0.1) is 22.5 Å². The van der Waals surface area contributed by atoms with Gasteiger partial charge in [-0.2, -0.15) is 5.26 Å². The maximum atomic E-state index is 11.1. The molecule has 0 fully saturated rings. The van der Waals surface area contributed by atoms with Crippen molar-refractivity contribution in [2.45, 2.75) is 0 Å². The minimum atomic E-state index is -0.373. The van der Waals surface area contributed by atoms with Gasteiger partial charge in [-0.25, -0.2) is 9.53 Å². The molecule has 64 valence electrons. The van der Waals surface area contributed by atoms with E-state index < -0.39 is 0 Å². The summed E-state index contributed by atoms with van der Waals surface area (Å²) in [5.41, 5.74) is 0.787. The van der Waals surface area contributed by atoms with Crippen LogP contribution in [0.15, 0.2) is 27.5 Å². The first-order valence-electron chi connectivity index (χ1n) is 3.72. The Kier molecular flexibility index (Phi) is 1.46. The molecule has 0 N–H and O–H groups in total. The van der Waals surface area contributed by atoms with E-state index >= 15 is 0 Å². The van der Waals surface area contributed by atoms with Crippen molar-refractivity contribution in [1.29, 1.82) is 5.26 Å². The molecule has 0 amide bonds. The molecule has 0 saturated heterocycles. The van der Waals surface area contributed by atoms with Crippen molar-refractivity contribution in [3.05, 3.63) is 34.2 Å². The number of hydrogen-bond donors (Lipinski definition) is 0. The third-order valence-electron chi connectivity index (χ3n) is 1.91. The van der Waals surface area contributed by atoms with Crippen molar-refractivity contribution in [3.8, 4) is 6.07 Å². The van der Waals surface area contributed by atoms with Crippen LogP contribution in [0.25, 0.3) is 10.9 Å². The standard InChI is InChI=1S/C9H6N2O2/c1-11-8-4-6(5-10)2-3-7(8)9(12)13-11/h2-4H,1H3. The Bertz CT molecular complexity index is 557. The fourth-order valence-corrected chi connectivity index (χ4v) is 1.26. The van der Waals surface area contributed by atoms with Gasteiger partial charge >= 0.3 is 5.63 Å². The molecule has 4 heteroatoms. The van der Waals surface area contributed by atoms with Crippen LogP contribution in [0.2, 0.25) is 0 Å². The van der Waals surface area contributed by atoms with E-state index in [1.165, 1.54) is 4.74 Å². The Morgan fingerprint density at radius 2 is 2.31 bits per heavy atom. The van der Waals surface area contributed by atoms with Crippen molar-refractivity contribution < 1.29 is 4.52 Å². The second-order valence-corrected chi connectivity index (χ2v) is 2.72. The lowest BCUT2D eigenvalue weighted by Crippen LogP contribution is -1.91. The van der Waals surface area contributed by atoms with Crippen LogP contribution in [0.4, 0.5) is 0 Å². The first kappa shape index (κ1) is 7.62. The molecule has 2 aromatic rings. The first-order valence-corrected chi connectivity index (χ1v) is 3.72. The van der Waals surface area contributed by atoms with Gasteiger partial charge < -0.3 is 4.52 Å². The van der Waals surface area contributed by atoms with E-state index in [1.807, 2.05) is 6.07 Å². The highest BCUT2D eigenvalue weighted by molar-refractivity contribution is 5.79. The fourth-order valence-electron chi connectivity index (χ4n) is 1.26. The number of hydrogen-bond acceptors (Lipinski definition) is 3. The zero-order valence-electron chi connectivity index (χ0n) is 6.94. The van der Waals surface area contributed by atoms with Crippen LogP contribution >= 0.6 is 0 Å². The van der Waals surface area contributed by atoms with Crippen LogP contribution in [-0.2, 0) is 7.05 Å². The van der Waals surface area contributed by atoms with E-state index in [4.69, 9.17) is 9.78 Å². The van der Waals surface area contributed by atoms with E-state index in [1.54, 1.807) is 25.2 Å². The Morgan fingerprint density at radius 1 is 1.54 bits per heavy atom. The highest BCUT2D eigenvalue weighted by Gasteiger charge is 2.06. The molecule has 0 aliphatic rings. The zero-order valence-corrected chi connectivity index (χ0v) is 6.94. The minimum Gasteiger partial charge on any atom is -0.336 e. The van der Waals surface area contributed by atoms with Crippen molar-refractivity contribution in [3.63, 3.8) is 0 Å². The van der Waals surface area contributed by atoms with E-state index in [9.17, 15) is 4.79 Å². The third-order valence-corrected chi connectivity index (χ3v) is 1.91. The highest BCUT2D eigenvalue weighted by atomic mass is 16.5. The summed E-state index contributed by atoms with van der Waals surface area (Å²) >= 11 is 0. The minimum absolute atomic E-state index is 0.373. The SMILES string of the molecule is Cn1oc(=O)c2ccc(C#N)cc21. The van der Waals surface area contributed by atoms with Gasteiger partial charge in [-0.1, -0.05) is 0 Å². The van der Waals surface area contributed by atoms with Gasteiger partial charge in [0.15, 0.2) is 0 Å². The van der Waals surface area contributed by atoms with Crippen molar-refractivity contribution in [2.24, 2.45) is 7.05 Å². The van der Waals surface area contributed by atoms with Gasteiger partial charge in [0.2, 0.25) is 0 Å². The molecule has 0 aliphatic carbocycles. The zero-order chi connectivity index (χ0) is 9.42. The lowest BCUT2D eigenvalue weighted by Gasteiger charge is -1.91. The maximum absolute atomic E-state index is 11.1. The largest absolute Gasteiger partial charge is 0.365 e. The van der Waals surface area contributed by atoms with E-state index in [0.717, 1.165) is 0 Å². The molecule has 0 saturated carbocycles. The van der Waals surface area contributed by atoms with Crippen LogP contribution in [0.5, 0.6) is 0 Å². The molecule has 0 unspecified atom stereocenters. The van der Waals surface area contributed by atoms with Gasteiger partial charge in [-0.3, -0.25) is 0 Å². The number of benzene rings is 1. The molecule has 0 bridgehead atoms. The molecule has 1 aromatic heterocycles. The molecule has 2 rings (SSSR count). The smallest absolute Gasteiger partial charge is 0.336 e. The van der Waals surface area contributed by atoms with Gasteiger partial charge in [0.1, 0.15) is 0 Å². The number of nitriles is 1. The van der Waals surface area contributed by atoms with E-state index in [0.29, 0.717) is 16.5 Å². The van der Waals surface area contributed by atoms with Gasteiger partial charge in [-0.15, -0.1) is 0 Å². The van der Waals surface area contributed by atoms with Crippen LogP contribution in [0, 0.1) is 11.3 Å². The van der Waals surface area contributed by atoms with E-state index in [-0.39, 0.29) is 5.63 Å². The molecule has 4 nitrogen and oxygen atoms in total. The molecule has 0 radical (unpaired) electrons. The average molecular weight is 174 g/mol. The maximum Gasteiger partial charge on any atom is 0.365 e. The summed E-state index contributed by atoms with van der Waals surface area (Å²) in [5, 5.41) is 9.13. The molecular weight excluding hydrogens is 168 g/mol. The van der Waals surface area contributed by atoms with Crippen LogP contribution in [0.1, 0.15) is 5.56 Å². The van der Waals surface area contributed by atoms with Crippen molar-refractivity contribution >= 4 is 10.9 Å². The summed E-state index contributed by atoms with van der Waals surface area (Å²) in [6.07, 6.45) is 0. The van der Waals surface area contributed by atoms with Crippen LogP contribution in [-0.4, -0.2) is 4.74 Å². The lowest BCUT2D eigenvalue weighted by atomic mass is 10.2. The molecule has 0 aliphatic heterocycles. The van der Waals surface area contributed by atoms with Gasteiger partial charge in [0, 0.05) is 7.05 Å². The lowest BCUT2D eigenvalue weighted by molar-refractivity contribution is 0.296. The second-order valence-electron chi connectivity index (χ2n) is 2.72. The summed E-state index contributed by atoms with van der Waals surface area (Å²) in [6, 6.07) is 6.82. The van der Waals surface area contributed by atoms with Crippen molar-refractivity contribution in [2.75, 3.05) is 0 Å². The Morgan fingerprint density at radius 3 is 3.00 bits per heavy atom. The van der Waals surface area contributed by atoms with Gasteiger partial charge in [0.25, 0.3) is 0 Å². The highest BCUT2D eigenvalue weighted by Crippen LogP contribution is 2.11. The number of aromatic nitrogens is 1. The fraction of sp³-hybridized carbons (Fsp3) is 0.111. The second kappa shape index (κ2) is 2.49. The summed E-state index contributed by atoms with van der Waals surface area (Å²) in [7, 11) is 1.63. The van der Waals surface area contributed by atoms with Crippen LogP contribution in [0.3, 0.4) is 0 Å². The summed E-state index contributed by atoms with van der Waals surface area (Å²) in [4.78, 5) is 11.1. The molecule has 1 heterocycles. The molecule has 1 aromatic carbocycles. The third kappa shape index (κ3) is 1.02. The first-order chi connectivity index (χ1) is 6.22. The topological polar surface area (TPSA) is 58.9 Å². The summed E-state index contributed by atoms with van der Waals surface area (Å²) in [5.74, 6) is 0. The molecular formula is C9H6N2O2. The summed E-state index contributed by atoms with van der Waals surface area (Å²) < 4.78 is 6.18. The monoisotopic (exact) mass is 174 g/mol. The average Bonchev–Trinajstić information content (AvgIpc) is 2.42. The Hall–Kier alpha value is -2.02. The predicted molar refractivity (Wildman–Crippen MR) is 46.2 cm³/mol. The Labute approximate surface area is 73.6 Å². The molecule has 0 spiro atoms. The van der Waals surface area contributed by atoms with Gasteiger partial charge in [-0.05, 0) is 18.2 Å². The Balaban J connectivity index is 2.94. The number of aryl methyl sites for hydroxylation is 1. The normalized spacial score (nSPS) is 10.2. The molecule has 0 atom stereocenters. The predicted octanol–water partition coefficient (Wildman–Crippen LogP) is 1.00. The molecule has 13 heavy (non-hydrogen) atoms. The number of fused-ring (bicyclic) bond motifs is 1. The van der Waals surface area contributed by atoms with Crippen molar-refractivity contribution in [1.82, 2.24) is 4.74 Å². The quantitative estimate of drug-likeness (QED) is 0.598. The summed E-state index contributed by atoms with van der Waals surface area (Å²) in [6.45, 7) is 0. The van der Waals surface area contributed by atoms with Crippen LogP contribution < -0.4 is 5.63 Å². The van der Waals surface area contributed by atoms with E-state index in [2.05, 4.69) is 0 Å². The number of nitrogens with zero attached hydrogens (tertiary/aromatic N) is 2. The number of rotatable bonds is 0.